The van der Waals surface area contributed by atoms with E-state index in [9.17, 15) is 4.79 Å². The molecule has 0 radical (unpaired) electrons. The molecule has 0 amide bonds. The Labute approximate surface area is 160 Å². The Morgan fingerprint density at radius 1 is 0.889 bits per heavy atom. The van der Waals surface area contributed by atoms with Crippen LogP contribution < -0.4 is 10.5 Å². The van der Waals surface area contributed by atoms with E-state index in [1.165, 1.54) is 17.5 Å². The molecule has 27 heavy (non-hydrogen) atoms. The lowest BCUT2D eigenvalue weighted by molar-refractivity contribution is 0.454. The minimum absolute atomic E-state index is 0.225. The highest BCUT2D eigenvalue weighted by Crippen LogP contribution is 2.36. The summed E-state index contributed by atoms with van der Waals surface area (Å²) in [5.41, 5.74) is 4.87. The van der Waals surface area contributed by atoms with Gasteiger partial charge in [-0.05, 0) is 30.4 Å². The van der Waals surface area contributed by atoms with E-state index in [1.807, 2.05) is 36.4 Å². The third-order valence-electron chi connectivity index (χ3n) is 5.32. The largest absolute Gasteiger partial charge is 0.427 e. The molecular weight excluding hydrogens is 334 g/mol. The lowest BCUT2D eigenvalue weighted by atomic mass is 9.98. The number of rotatable bonds is 4. The maximum Gasteiger partial charge on any atom is 0.345 e. The van der Waals surface area contributed by atoms with Gasteiger partial charge in [0.25, 0.3) is 0 Å². The summed E-state index contributed by atoms with van der Waals surface area (Å²) in [6.45, 7) is 0.760. The summed E-state index contributed by atoms with van der Waals surface area (Å²) in [5.74, 6) is 0.882. The van der Waals surface area contributed by atoms with Gasteiger partial charge in [0.2, 0.25) is 0 Å². The number of hydrogen-bond donors (Lipinski definition) is 0. The van der Waals surface area contributed by atoms with E-state index in [4.69, 9.17) is 4.42 Å². The molecule has 1 aliphatic carbocycles. The zero-order valence-electron chi connectivity index (χ0n) is 15.8. The molecule has 0 saturated heterocycles. The van der Waals surface area contributed by atoms with E-state index in [0.29, 0.717) is 5.56 Å². The SMILES string of the molecule is CN(Cc1ccccc1)c1c2c(oc(=O)c1-c1ccccc1)CCCCC2. The lowest BCUT2D eigenvalue weighted by Gasteiger charge is -2.26. The molecule has 3 heteroatoms. The average molecular weight is 359 g/mol. The zero-order valence-corrected chi connectivity index (χ0v) is 15.8. The third kappa shape index (κ3) is 3.68. The Hall–Kier alpha value is -2.81. The van der Waals surface area contributed by atoms with Gasteiger partial charge >= 0.3 is 5.63 Å². The van der Waals surface area contributed by atoms with Gasteiger partial charge in [-0.1, -0.05) is 67.1 Å². The van der Waals surface area contributed by atoms with Crippen molar-refractivity contribution in [2.24, 2.45) is 0 Å². The van der Waals surface area contributed by atoms with Crippen molar-refractivity contribution in [3.8, 4) is 11.1 Å². The van der Waals surface area contributed by atoms with Crippen LogP contribution in [0.25, 0.3) is 11.1 Å². The van der Waals surface area contributed by atoms with Gasteiger partial charge in [-0.15, -0.1) is 0 Å². The van der Waals surface area contributed by atoms with Crippen molar-refractivity contribution in [3.05, 3.63) is 88.0 Å². The molecule has 0 spiro atoms. The summed E-state index contributed by atoms with van der Waals surface area (Å²) in [5, 5.41) is 0. The van der Waals surface area contributed by atoms with Gasteiger partial charge in [0, 0.05) is 25.6 Å². The minimum atomic E-state index is -0.225. The van der Waals surface area contributed by atoms with Crippen LogP contribution in [-0.2, 0) is 19.4 Å². The Balaban J connectivity index is 1.88. The van der Waals surface area contributed by atoms with Crippen molar-refractivity contribution in [2.75, 3.05) is 11.9 Å². The summed E-state index contributed by atoms with van der Waals surface area (Å²) in [6, 6.07) is 20.3. The smallest absolute Gasteiger partial charge is 0.345 e. The predicted molar refractivity (Wildman–Crippen MR) is 110 cm³/mol. The normalized spacial score (nSPS) is 13.7. The highest BCUT2D eigenvalue weighted by atomic mass is 16.4. The molecule has 1 heterocycles. The zero-order chi connectivity index (χ0) is 18.6. The molecule has 1 aliphatic rings. The number of benzene rings is 2. The summed E-state index contributed by atoms with van der Waals surface area (Å²) in [4.78, 5) is 15.2. The molecule has 0 fully saturated rings. The summed E-state index contributed by atoms with van der Waals surface area (Å²) in [7, 11) is 2.08. The molecule has 3 aromatic rings. The fourth-order valence-corrected chi connectivity index (χ4v) is 4.04. The highest BCUT2D eigenvalue weighted by Gasteiger charge is 2.24. The van der Waals surface area contributed by atoms with Crippen LogP contribution in [0, 0.1) is 0 Å². The molecule has 4 rings (SSSR count). The second-order valence-electron chi connectivity index (χ2n) is 7.28. The van der Waals surface area contributed by atoms with E-state index in [2.05, 4.69) is 36.2 Å². The summed E-state index contributed by atoms with van der Waals surface area (Å²) < 4.78 is 5.82. The van der Waals surface area contributed by atoms with Crippen LogP contribution in [0.3, 0.4) is 0 Å². The summed E-state index contributed by atoms with van der Waals surface area (Å²) >= 11 is 0. The van der Waals surface area contributed by atoms with Gasteiger partial charge in [0.15, 0.2) is 0 Å². The Bertz CT molecular complexity index is 961. The van der Waals surface area contributed by atoms with Crippen molar-refractivity contribution in [3.63, 3.8) is 0 Å². The minimum Gasteiger partial charge on any atom is -0.427 e. The van der Waals surface area contributed by atoms with Gasteiger partial charge in [-0.3, -0.25) is 0 Å². The molecule has 0 bridgehead atoms. The Kier molecular flexibility index (Phi) is 5.10. The molecule has 1 aromatic heterocycles. The van der Waals surface area contributed by atoms with Gasteiger partial charge in [0.1, 0.15) is 5.76 Å². The number of hydrogen-bond acceptors (Lipinski definition) is 3. The monoisotopic (exact) mass is 359 g/mol. The molecule has 0 saturated carbocycles. The number of nitrogens with zero attached hydrogens (tertiary/aromatic N) is 1. The molecule has 0 unspecified atom stereocenters. The first-order valence-electron chi connectivity index (χ1n) is 9.73. The maximum absolute atomic E-state index is 13.0. The summed E-state index contributed by atoms with van der Waals surface area (Å²) in [6.07, 6.45) is 5.23. The molecule has 0 atom stereocenters. The predicted octanol–water partition coefficient (Wildman–Crippen LogP) is 5.21. The van der Waals surface area contributed by atoms with Crippen molar-refractivity contribution >= 4 is 5.69 Å². The van der Waals surface area contributed by atoms with Crippen LogP contribution in [0.4, 0.5) is 5.69 Å². The van der Waals surface area contributed by atoms with E-state index < -0.39 is 0 Å². The van der Waals surface area contributed by atoms with Crippen LogP contribution >= 0.6 is 0 Å². The Morgan fingerprint density at radius 3 is 2.30 bits per heavy atom. The molecule has 0 aliphatic heterocycles. The highest BCUT2D eigenvalue weighted by molar-refractivity contribution is 5.80. The molecule has 2 aromatic carbocycles. The molecule has 138 valence electrons. The molecule has 3 nitrogen and oxygen atoms in total. The van der Waals surface area contributed by atoms with Crippen LogP contribution in [0.1, 0.15) is 36.1 Å². The number of aryl methyl sites for hydroxylation is 1. The van der Waals surface area contributed by atoms with Crippen LogP contribution in [0.2, 0.25) is 0 Å². The standard InChI is InChI=1S/C24H25NO2/c1-25(17-18-11-5-2-6-12-18)23-20-15-9-4-10-16-21(20)27-24(26)22(23)19-13-7-3-8-14-19/h2-3,5-8,11-14H,4,9-10,15-17H2,1H3. The fourth-order valence-electron chi connectivity index (χ4n) is 4.04. The lowest BCUT2D eigenvalue weighted by Crippen LogP contribution is -2.23. The van der Waals surface area contributed by atoms with E-state index >= 15 is 0 Å². The number of fused-ring (bicyclic) bond motifs is 1. The number of anilines is 1. The first-order chi connectivity index (χ1) is 13.2. The van der Waals surface area contributed by atoms with Crippen molar-refractivity contribution in [1.29, 1.82) is 0 Å². The van der Waals surface area contributed by atoms with E-state index in [1.54, 1.807) is 0 Å². The average Bonchev–Trinajstić information content (AvgIpc) is 2.93. The van der Waals surface area contributed by atoms with Crippen LogP contribution in [0.15, 0.2) is 69.9 Å². The van der Waals surface area contributed by atoms with Crippen molar-refractivity contribution < 1.29 is 4.42 Å². The van der Waals surface area contributed by atoms with Gasteiger partial charge in [0.05, 0.1) is 11.3 Å². The first-order valence-corrected chi connectivity index (χ1v) is 9.73. The third-order valence-corrected chi connectivity index (χ3v) is 5.32. The Morgan fingerprint density at radius 2 is 1.56 bits per heavy atom. The van der Waals surface area contributed by atoms with Crippen molar-refractivity contribution in [2.45, 2.75) is 38.6 Å². The maximum atomic E-state index is 13.0. The topological polar surface area (TPSA) is 33.5 Å². The second-order valence-corrected chi connectivity index (χ2v) is 7.28. The first kappa shape index (κ1) is 17.6. The van der Waals surface area contributed by atoms with Gasteiger partial charge in [-0.25, -0.2) is 4.79 Å². The second kappa shape index (κ2) is 7.83. The van der Waals surface area contributed by atoms with Gasteiger partial charge in [-0.2, -0.15) is 0 Å². The molecule has 0 N–H and O–H groups in total. The van der Waals surface area contributed by atoms with Crippen LogP contribution in [0.5, 0.6) is 0 Å². The van der Waals surface area contributed by atoms with Crippen molar-refractivity contribution in [1.82, 2.24) is 0 Å². The quantitative estimate of drug-likeness (QED) is 0.600. The van der Waals surface area contributed by atoms with E-state index in [0.717, 1.165) is 49.2 Å². The fraction of sp³-hybridized carbons (Fsp3) is 0.292. The van der Waals surface area contributed by atoms with Gasteiger partial charge < -0.3 is 9.32 Å². The van der Waals surface area contributed by atoms with E-state index in [-0.39, 0.29) is 5.63 Å². The van der Waals surface area contributed by atoms with Crippen LogP contribution in [-0.4, -0.2) is 7.05 Å². The molecular formula is C24H25NO2.